The van der Waals surface area contributed by atoms with Crippen LogP contribution in [0, 0.1) is 39.5 Å². The maximum atomic E-state index is 13.0. The largest absolute Gasteiger partial charge is 0.450 e. The fraction of sp³-hybridized carbons (Fsp3) is 0.274. The van der Waals surface area contributed by atoms with Gasteiger partial charge in [0.25, 0.3) is 5.56 Å². The van der Waals surface area contributed by atoms with Crippen molar-refractivity contribution in [2.45, 2.75) is 91.1 Å². The molecule has 0 amide bonds. The van der Waals surface area contributed by atoms with E-state index in [0.29, 0.717) is 75.3 Å². The lowest BCUT2D eigenvalue weighted by Gasteiger charge is -2.23. The van der Waals surface area contributed by atoms with Gasteiger partial charge in [-0.3, -0.25) is 19.2 Å². The molecule has 1 N–H and O–H groups in total. The molecule has 0 saturated carbocycles. The number of hydrogen-bond acceptors (Lipinski definition) is 16. The molecule has 3 aliphatic rings. The number of fused-ring (bicyclic) bond motifs is 3. The summed E-state index contributed by atoms with van der Waals surface area (Å²) in [4.78, 5) is 58.6. The number of halogens is 1. The van der Waals surface area contributed by atoms with E-state index in [4.69, 9.17) is 34.3 Å². The number of ether oxygens (including phenoxy) is 2. The van der Waals surface area contributed by atoms with Crippen LogP contribution in [0.1, 0.15) is 90.8 Å². The minimum atomic E-state index is -0.353. The van der Waals surface area contributed by atoms with Gasteiger partial charge < -0.3 is 32.5 Å². The van der Waals surface area contributed by atoms with Crippen molar-refractivity contribution in [1.29, 1.82) is 0 Å². The third-order valence-electron chi connectivity index (χ3n) is 16.7. The molecular weight excluding hydrogens is 1240 g/mol. The Hall–Kier alpha value is -9.95. The first-order chi connectivity index (χ1) is 45.6. The summed E-state index contributed by atoms with van der Waals surface area (Å²) >= 11 is 6.18. The minimum absolute atomic E-state index is 0. The van der Waals surface area contributed by atoms with Crippen LogP contribution in [0.15, 0.2) is 191 Å². The maximum absolute atomic E-state index is 13.0. The molecule has 3 saturated heterocycles. The number of aromatic amines is 1. The number of benzene rings is 4. The second kappa shape index (κ2) is 30.0. The van der Waals surface area contributed by atoms with Gasteiger partial charge in [-0.15, -0.1) is 0 Å². The number of rotatable bonds is 8. The zero-order valence-corrected chi connectivity index (χ0v) is 55.3. The van der Waals surface area contributed by atoms with E-state index in [1.807, 2.05) is 155 Å². The zero-order chi connectivity index (χ0) is 65.4. The summed E-state index contributed by atoms with van der Waals surface area (Å²) in [5.74, 6) is 8.86. The number of nitrogens with zero attached hydrogens (tertiary/aromatic N) is 10. The fourth-order valence-electron chi connectivity index (χ4n) is 11.2. The van der Waals surface area contributed by atoms with Gasteiger partial charge in [0.2, 0.25) is 16.7 Å². The van der Waals surface area contributed by atoms with Gasteiger partial charge in [-0.1, -0.05) is 131 Å². The molecule has 12 aromatic rings. The fourth-order valence-corrected chi connectivity index (χ4v) is 11.3. The van der Waals surface area contributed by atoms with Crippen molar-refractivity contribution in [1.82, 2.24) is 49.4 Å². The SMILES string of the molecule is Cc1ccc(-c2cc3cn[nH]c(=O)c3o2)cc1.Cc1ccc(-c2cc3cnn(-c4ccc(N5CC[C@H](N(C)C)C5)nc4)c(=O)c3o2)cc1.Cc1ccc(-c2cc3cnn(C4CCCCO4)c(=O)c3o2)cc1.Cc1ccc(C#Cc2cnn(C3CCCCO3)c(=O)c2Cl)cc1.S. The summed E-state index contributed by atoms with van der Waals surface area (Å²) in [6.07, 6.45) is 14.4. The average molecular weight is 1310 g/mol. The molecule has 11 heterocycles. The topological polar surface area (TPSA) is 228 Å². The van der Waals surface area contributed by atoms with Gasteiger partial charge in [0.05, 0.1) is 42.2 Å². The molecule has 0 aliphatic carbocycles. The number of aromatic nitrogens is 9. The predicted octanol–water partition coefficient (Wildman–Crippen LogP) is 13.1. The zero-order valence-electron chi connectivity index (χ0n) is 53.5. The van der Waals surface area contributed by atoms with Crippen molar-refractivity contribution in [2.75, 3.05) is 45.3 Å². The van der Waals surface area contributed by atoms with Crippen molar-refractivity contribution >= 4 is 63.8 Å². The molecule has 0 spiro atoms. The molecule has 4 aromatic carbocycles. The normalized spacial score (nSPS) is 16.0. The Balaban J connectivity index is 0.000000131. The van der Waals surface area contributed by atoms with Crippen LogP contribution in [0.5, 0.6) is 0 Å². The number of anilines is 1. The number of nitrogens with one attached hydrogen (secondary N) is 1. The van der Waals surface area contributed by atoms with Gasteiger partial charge in [0, 0.05) is 70.8 Å². The first kappa shape index (κ1) is 66.5. The molecule has 3 atom stereocenters. The number of H-pyrrole nitrogens is 1. The Labute approximate surface area is 559 Å². The highest BCUT2D eigenvalue weighted by molar-refractivity contribution is 7.59. The lowest BCUT2D eigenvalue weighted by atomic mass is 10.1. The lowest BCUT2D eigenvalue weighted by molar-refractivity contribution is -0.0425. The summed E-state index contributed by atoms with van der Waals surface area (Å²) in [6.45, 7) is 11.4. The van der Waals surface area contributed by atoms with Crippen LogP contribution in [0.4, 0.5) is 5.82 Å². The molecule has 20 nitrogen and oxygen atoms in total. The van der Waals surface area contributed by atoms with Crippen LogP contribution in [-0.4, -0.2) is 95.9 Å². The van der Waals surface area contributed by atoms with Crippen LogP contribution < -0.4 is 27.1 Å². The molecule has 0 bridgehead atoms. The Morgan fingerprint density at radius 1 is 0.537 bits per heavy atom. The Morgan fingerprint density at radius 3 is 1.53 bits per heavy atom. The van der Waals surface area contributed by atoms with E-state index in [0.717, 1.165) is 91.5 Å². The Bertz CT molecular complexity index is 4940. The van der Waals surface area contributed by atoms with Crippen LogP contribution >= 0.6 is 25.1 Å². The summed E-state index contributed by atoms with van der Waals surface area (Å²) in [5.41, 5.74) is 9.23. The van der Waals surface area contributed by atoms with E-state index >= 15 is 0 Å². The van der Waals surface area contributed by atoms with Crippen LogP contribution in [-0.2, 0) is 9.47 Å². The molecule has 486 valence electrons. The highest BCUT2D eigenvalue weighted by atomic mass is 35.5. The highest BCUT2D eigenvalue weighted by Crippen LogP contribution is 2.31. The van der Waals surface area contributed by atoms with Gasteiger partial charge in [-0.25, -0.2) is 10.1 Å². The first-order valence-corrected chi connectivity index (χ1v) is 31.7. The van der Waals surface area contributed by atoms with Gasteiger partial charge in [0.1, 0.15) is 28.1 Å². The Morgan fingerprint density at radius 2 is 1.03 bits per heavy atom. The van der Waals surface area contributed by atoms with Crippen LogP contribution in [0.25, 0.3) is 72.6 Å². The van der Waals surface area contributed by atoms with Crippen molar-refractivity contribution in [3.8, 4) is 51.5 Å². The van der Waals surface area contributed by atoms with Crippen molar-refractivity contribution in [2.24, 2.45) is 0 Å². The minimum Gasteiger partial charge on any atom is -0.450 e. The van der Waals surface area contributed by atoms with Gasteiger partial charge >= 0.3 is 16.7 Å². The third kappa shape index (κ3) is 15.5. The molecular formula is C73H72ClN11O9S. The highest BCUT2D eigenvalue weighted by Gasteiger charge is 2.26. The monoisotopic (exact) mass is 1310 g/mol. The van der Waals surface area contributed by atoms with Gasteiger partial charge in [0.15, 0.2) is 12.5 Å². The Kier molecular flexibility index (Phi) is 21.0. The molecule has 3 fully saturated rings. The first-order valence-electron chi connectivity index (χ1n) is 31.3. The molecule has 8 aromatic heterocycles. The maximum Gasteiger partial charge on any atom is 0.315 e. The number of furan rings is 3. The van der Waals surface area contributed by atoms with Crippen molar-refractivity contribution < 1.29 is 22.7 Å². The smallest absolute Gasteiger partial charge is 0.315 e. The van der Waals surface area contributed by atoms with E-state index in [-0.39, 0.29) is 53.2 Å². The summed E-state index contributed by atoms with van der Waals surface area (Å²) in [5, 5.41) is 21.1. The summed E-state index contributed by atoms with van der Waals surface area (Å²) < 4.78 is 32.6. The molecule has 0 radical (unpaired) electrons. The molecule has 15 rings (SSSR count). The average Bonchev–Trinajstić information content (AvgIpc) is 1.72. The van der Waals surface area contributed by atoms with Gasteiger partial charge in [-0.2, -0.15) is 47.9 Å². The van der Waals surface area contributed by atoms with Crippen LogP contribution in [0.3, 0.4) is 0 Å². The van der Waals surface area contributed by atoms with E-state index in [1.54, 1.807) is 24.8 Å². The quantitative estimate of drug-likeness (QED) is 0.139. The predicted molar refractivity (Wildman–Crippen MR) is 374 cm³/mol. The standard InChI is InChI=1S/C24H25N5O2.C18H17ClN2O2.C18H18N2O3.C13H10N2O2.H2S/c1-16-4-6-17(7-5-16)21-12-18-13-26-29(24(30)23(18)31-21)19-8-9-22(25-14-19)28-11-10-20(15-28)27(2)3;1-13-5-7-14(8-6-13)9-10-15-12-20-21(18(22)17(15)19)16-4-2-3-11-23-16;1-12-5-7-13(8-6-12)15-10-14-11-19-20(18(21)17(14)23-15)16-4-2-3-9-22-16;1-8-2-4-9(5-3-8)11-6-10-7-14-15-13(16)12(10)17-11;/h4-9,12-14,20H,10-11,15H2,1-3H3;5-8,12,16H,2-4,11H2,1H3;5-8,10-11,16H,2-4,9H2,1H3;2-7H,1H3,(H,15,16);1H2/t20-;;;;/m0..../s1. The molecule has 95 heavy (non-hydrogen) atoms. The summed E-state index contributed by atoms with van der Waals surface area (Å²) in [7, 11) is 4.22. The van der Waals surface area contributed by atoms with Crippen molar-refractivity contribution in [3.05, 3.63) is 238 Å². The second-order valence-electron chi connectivity index (χ2n) is 23.8. The van der Waals surface area contributed by atoms with Crippen molar-refractivity contribution in [3.63, 3.8) is 0 Å². The lowest BCUT2D eigenvalue weighted by Crippen LogP contribution is -2.31. The third-order valence-corrected chi connectivity index (χ3v) is 17.0. The van der Waals surface area contributed by atoms with Crippen LogP contribution in [0.2, 0.25) is 5.02 Å². The van der Waals surface area contributed by atoms with Gasteiger partial charge in [-0.05, 0) is 129 Å². The van der Waals surface area contributed by atoms with E-state index < -0.39 is 0 Å². The number of aryl methyl sites for hydroxylation is 4. The number of hydrogen-bond donors (Lipinski definition) is 1. The number of pyridine rings is 1. The molecule has 2 unspecified atom stereocenters. The molecule has 22 heteroatoms. The van der Waals surface area contributed by atoms with E-state index in [1.165, 1.54) is 42.5 Å². The van der Waals surface area contributed by atoms with E-state index in [9.17, 15) is 19.2 Å². The second-order valence-corrected chi connectivity index (χ2v) is 24.2. The van der Waals surface area contributed by atoms with E-state index in [2.05, 4.69) is 66.2 Å². The molecule has 3 aliphatic heterocycles. The number of likely N-dealkylation sites (N-methyl/N-ethyl adjacent to an activating group) is 1. The summed E-state index contributed by atoms with van der Waals surface area (Å²) in [6, 6.07) is 41.7.